The van der Waals surface area contributed by atoms with E-state index in [-0.39, 0.29) is 5.91 Å². The number of benzene rings is 1. The predicted octanol–water partition coefficient (Wildman–Crippen LogP) is 2.04. The van der Waals surface area contributed by atoms with Crippen LogP contribution >= 0.6 is 0 Å². The summed E-state index contributed by atoms with van der Waals surface area (Å²) in [4.78, 5) is 12.0. The van der Waals surface area contributed by atoms with Gasteiger partial charge in [0.05, 0.1) is 12.3 Å². The van der Waals surface area contributed by atoms with Gasteiger partial charge in [-0.3, -0.25) is 9.48 Å². The molecular formula is C16H18N4O. The fourth-order valence-corrected chi connectivity index (χ4v) is 2.18. The lowest BCUT2D eigenvalue weighted by Gasteiger charge is -2.14. The highest BCUT2D eigenvalue weighted by Gasteiger charge is 2.15. The largest absolute Gasteiger partial charge is 0.337 e. The number of nitrogens with one attached hydrogen (secondary N) is 1. The number of aryl methyl sites for hydroxylation is 3. The Morgan fingerprint density at radius 2 is 2.24 bits per heavy atom. The van der Waals surface area contributed by atoms with Crippen LogP contribution in [0.15, 0.2) is 36.7 Å². The molecular weight excluding hydrogens is 264 g/mol. The third-order valence-corrected chi connectivity index (χ3v) is 3.33. The molecule has 1 N–H and O–H groups in total. The number of rotatable bonds is 5. The average Bonchev–Trinajstić information content (AvgIpc) is 2.89. The second-order valence-electron chi connectivity index (χ2n) is 5.01. The van der Waals surface area contributed by atoms with E-state index in [1.807, 2.05) is 44.4 Å². The summed E-state index contributed by atoms with van der Waals surface area (Å²) < 4.78 is 1.71. The van der Waals surface area contributed by atoms with Crippen LogP contribution in [0, 0.1) is 18.3 Å². The highest BCUT2D eigenvalue weighted by molar-refractivity contribution is 5.77. The molecule has 1 heterocycles. The summed E-state index contributed by atoms with van der Waals surface area (Å²) in [6.45, 7) is 1.93. The molecule has 0 aliphatic heterocycles. The van der Waals surface area contributed by atoms with Gasteiger partial charge in [-0.15, -0.1) is 0 Å². The molecule has 0 bridgehead atoms. The zero-order valence-electron chi connectivity index (χ0n) is 12.2. The van der Waals surface area contributed by atoms with Gasteiger partial charge < -0.3 is 5.32 Å². The maximum Gasteiger partial charge on any atom is 0.221 e. The summed E-state index contributed by atoms with van der Waals surface area (Å²) in [5.74, 6) is -0.131. The molecule has 1 aromatic heterocycles. The lowest BCUT2D eigenvalue weighted by Crippen LogP contribution is -2.28. The first kappa shape index (κ1) is 14.8. The fourth-order valence-electron chi connectivity index (χ4n) is 2.18. The van der Waals surface area contributed by atoms with Crippen molar-refractivity contribution in [3.05, 3.63) is 53.3 Å². The molecule has 0 aliphatic carbocycles. The van der Waals surface area contributed by atoms with Crippen molar-refractivity contribution in [1.29, 1.82) is 5.26 Å². The van der Waals surface area contributed by atoms with E-state index in [0.29, 0.717) is 12.8 Å². The number of aromatic nitrogens is 2. The van der Waals surface area contributed by atoms with Gasteiger partial charge in [0.25, 0.3) is 0 Å². The lowest BCUT2D eigenvalue weighted by atomic mass is 10.0. The van der Waals surface area contributed by atoms with Crippen LogP contribution < -0.4 is 5.32 Å². The summed E-state index contributed by atoms with van der Waals surface area (Å²) in [6.07, 6.45) is 4.59. The molecule has 0 saturated heterocycles. The SMILES string of the molecule is Cc1ccccc1C(C#N)NC(=O)CCc1cnn(C)c1. The summed E-state index contributed by atoms with van der Waals surface area (Å²) in [7, 11) is 1.84. The molecule has 5 nitrogen and oxygen atoms in total. The average molecular weight is 282 g/mol. The smallest absolute Gasteiger partial charge is 0.221 e. The van der Waals surface area contributed by atoms with Crippen LogP contribution in [-0.2, 0) is 18.3 Å². The minimum atomic E-state index is -0.604. The standard InChI is InChI=1S/C16H18N4O/c1-12-5-3-4-6-14(12)15(9-17)19-16(21)8-7-13-10-18-20(2)11-13/h3-6,10-11,15H,7-8H2,1-2H3,(H,19,21). The van der Waals surface area contributed by atoms with Crippen molar-refractivity contribution >= 4 is 5.91 Å². The molecule has 1 unspecified atom stereocenters. The molecule has 1 aromatic carbocycles. The molecule has 0 fully saturated rings. The first-order chi connectivity index (χ1) is 10.1. The van der Waals surface area contributed by atoms with Gasteiger partial charge in [-0.25, -0.2) is 0 Å². The molecule has 1 atom stereocenters. The number of nitrogens with zero attached hydrogens (tertiary/aromatic N) is 3. The van der Waals surface area contributed by atoms with Crippen molar-refractivity contribution in [2.45, 2.75) is 25.8 Å². The number of carbonyl (C=O) groups excluding carboxylic acids is 1. The Kier molecular flexibility index (Phi) is 4.72. The zero-order chi connectivity index (χ0) is 15.2. The third-order valence-electron chi connectivity index (χ3n) is 3.33. The van der Waals surface area contributed by atoms with Crippen LogP contribution in [-0.4, -0.2) is 15.7 Å². The van der Waals surface area contributed by atoms with Gasteiger partial charge in [0.1, 0.15) is 6.04 Å². The Balaban J connectivity index is 1.94. The van der Waals surface area contributed by atoms with Crippen LogP contribution in [0.1, 0.15) is 29.2 Å². The third kappa shape index (κ3) is 3.93. The molecule has 5 heteroatoms. The first-order valence-corrected chi connectivity index (χ1v) is 6.82. The second-order valence-corrected chi connectivity index (χ2v) is 5.01. The van der Waals surface area contributed by atoms with E-state index in [1.165, 1.54) is 0 Å². The summed E-state index contributed by atoms with van der Waals surface area (Å²) in [6, 6.07) is 9.12. The monoisotopic (exact) mass is 282 g/mol. The molecule has 1 amide bonds. The van der Waals surface area contributed by atoms with Crippen LogP contribution in [0.4, 0.5) is 0 Å². The van der Waals surface area contributed by atoms with Crippen molar-refractivity contribution in [3.63, 3.8) is 0 Å². The summed E-state index contributed by atoms with van der Waals surface area (Å²) in [5.41, 5.74) is 2.85. The van der Waals surface area contributed by atoms with Crippen molar-refractivity contribution in [3.8, 4) is 6.07 Å². The highest BCUT2D eigenvalue weighted by atomic mass is 16.1. The second kappa shape index (κ2) is 6.71. The van der Waals surface area contributed by atoms with Gasteiger partial charge in [0.15, 0.2) is 0 Å². The number of amides is 1. The van der Waals surface area contributed by atoms with Gasteiger partial charge in [0, 0.05) is 19.7 Å². The molecule has 108 valence electrons. The Bertz CT molecular complexity index is 669. The van der Waals surface area contributed by atoms with Gasteiger partial charge in [-0.05, 0) is 30.0 Å². The molecule has 2 rings (SSSR count). The normalized spacial score (nSPS) is 11.7. The Labute approximate surface area is 124 Å². The minimum Gasteiger partial charge on any atom is -0.337 e. The van der Waals surface area contributed by atoms with E-state index in [9.17, 15) is 10.1 Å². The predicted molar refractivity (Wildman–Crippen MR) is 79.2 cm³/mol. The Hall–Kier alpha value is -2.61. The lowest BCUT2D eigenvalue weighted by molar-refractivity contribution is -0.121. The molecule has 0 radical (unpaired) electrons. The minimum absolute atomic E-state index is 0.131. The van der Waals surface area contributed by atoms with Crippen LogP contribution in [0.2, 0.25) is 0 Å². The first-order valence-electron chi connectivity index (χ1n) is 6.82. The molecule has 0 spiro atoms. The van der Waals surface area contributed by atoms with E-state index >= 15 is 0 Å². The van der Waals surface area contributed by atoms with Crippen LogP contribution in [0.25, 0.3) is 0 Å². The van der Waals surface area contributed by atoms with E-state index in [2.05, 4.69) is 16.5 Å². The van der Waals surface area contributed by atoms with Gasteiger partial charge >= 0.3 is 0 Å². The maximum absolute atomic E-state index is 12.0. The maximum atomic E-state index is 12.0. The van der Waals surface area contributed by atoms with E-state index < -0.39 is 6.04 Å². The molecule has 2 aromatic rings. The zero-order valence-corrected chi connectivity index (χ0v) is 12.2. The molecule has 21 heavy (non-hydrogen) atoms. The van der Waals surface area contributed by atoms with E-state index in [0.717, 1.165) is 16.7 Å². The van der Waals surface area contributed by atoms with E-state index in [4.69, 9.17) is 0 Å². The number of hydrogen-bond acceptors (Lipinski definition) is 3. The van der Waals surface area contributed by atoms with E-state index in [1.54, 1.807) is 10.9 Å². The highest BCUT2D eigenvalue weighted by Crippen LogP contribution is 2.16. The molecule has 0 saturated carbocycles. The fraction of sp³-hybridized carbons (Fsp3) is 0.312. The van der Waals surface area contributed by atoms with Crippen molar-refractivity contribution < 1.29 is 4.79 Å². The Morgan fingerprint density at radius 1 is 1.48 bits per heavy atom. The van der Waals surface area contributed by atoms with Crippen molar-refractivity contribution in [2.75, 3.05) is 0 Å². The number of nitriles is 1. The van der Waals surface area contributed by atoms with Gasteiger partial charge in [-0.2, -0.15) is 10.4 Å². The summed E-state index contributed by atoms with van der Waals surface area (Å²) >= 11 is 0. The number of carbonyl (C=O) groups is 1. The van der Waals surface area contributed by atoms with Gasteiger partial charge in [-0.1, -0.05) is 24.3 Å². The molecule has 0 aliphatic rings. The van der Waals surface area contributed by atoms with Crippen LogP contribution in [0.5, 0.6) is 0 Å². The van der Waals surface area contributed by atoms with Crippen molar-refractivity contribution in [1.82, 2.24) is 15.1 Å². The quantitative estimate of drug-likeness (QED) is 0.912. The van der Waals surface area contributed by atoms with Crippen LogP contribution in [0.3, 0.4) is 0 Å². The Morgan fingerprint density at radius 3 is 2.86 bits per heavy atom. The van der Waals surface area contributed by atoms with Crippen molar-refractivity contribution in [2.24, 2.45) is 7.05 Å². The van der Waals surface area contributed by atoms with Gasteiger partial charge in [0.2, 0.25) is 5.91 Å². The summed E-state index contributed by atoms with van der Waals surface area (Å²) in [5, 5.41) is 16.1. The topological polar surface area (TPSA) is 70.7 Å². The number of hydrogen-bond donors (Lipinski definition) is 1.